The second kappa shape index (κ2) is 3.17. The highest BCUT2D eigenvalue weighted by Crippen LogP contribution is 2.28. The van der Waals surface area contributed by atoms with Crippen molar-refractivity contribution in [1.82, 2.24) is 4.98 Å². The molecule has 0 atom stereocenters. The molecule has 0 amide bonds. The smallest absolute Gasteiger partial charge is 0.154 e. The molecule has 0 N–H and O–H groups in total. The number of nitrogens with zero attached hydrogens (tertiary/aromatic N) is 1. The molecular weight excluding hydrogens is 166 g/mol. The van der Waals surface area contributed by atoms with Crippen LogP contribution in [0.25, 0.3) is 0 Å². The van der Waals surface area contributed by atoms with Crippen LogP contribution in [0.5, 0.6) is 5.75 Å². The molecule has 0 aromatic carbocycles. The molecule has 1 fully saturated rings. The summed E-state index contributed by atoms with van der Waals surface area (Å²) in [5.74, 6) is 0.623. The van der Waals surface area contributed by atoms with Gasteiger partial charge in [-0.3, -0.25) is 9.78 Å². The molecule has 13 heavy (non-hydrogen) atoms. The second-order valence-electron chi connectivity index (χ2n) is 3.30. The molecule has 0 aliphatic heterocycles. The van der Waals surface area contributed by atoms with Gasteiger partial charge in [0.2, 0.25) is 0 Å². The average Bonchev–Trinajstić information content (AvgIpc) is 2.89. The van der Waals surface area contributed by atoms with Crippen LogP contribution in [0.15, 0.2) is 12.4 Å². The molecule has 0 bridgehead atoms. The number of hydrogen-bond acceptors (Lipinski definition) is 3. The lowest BCUT2D eigenvalue weighted by molar-refractivity contribution is 0.111. The molecule has 1 aromatic rings. The van der Waals surface area contributed by atoms with Gasteiger partial charge in [-0.05, 0) is 25.3 Å². The highest BCUT2D eigenvalue weighted by Gasteiger charge is 2.24. The lowest BCUT2D eigenvalue weighted by Crippen LogP contribution is -2.01. The fourth-order valence-corrected chi connectivity index (χ4v) is 1.16. The lowest BCUT2D eigenvalue weighted by Gasteiger charge is -2.07. The Balaban J connectivity index is 2.30. The monoisotopic (exact) mass is 177 g/mol. The molecule has 0 saturated heterocycles. The first kappa shape index (κ1) is 8.23. The van der Waals surface area contributed by atoms with Gasteiger partial charge in [0.15, 0.2) is 6.29 Å². The Morgan fingerprint density at radius 2 is 2.31 bits per heavy atom. The SMILES string of the molecule is Cc1cncc(OC2CC2)c1C=O. The highest BCUT2D eigenvalue weighted by molar-refractivity contribution is 5.81. The third-order valence-corrected chi connectivity index (χ3v) is 2.09. The standard InChI is InChI=1S/C10H11NO2/c1-7-4-11-5-10(9(7)6-12)13-8-2-3-8/h4-6,8H,2-3H2,1H3. The number of carbonyl (C=O) groups is 1. The van der Waals surface area contributed by atoms with E-state index in [1.54, 1.807) is 12.4 Å². The summed E-state index contributed by atoms with van der Waals surface area (Å²) in [6, 6.07) is 0. The summed E-state index contributed by atoms with van der Waals surface area (Å²) in [4.78, 5) is 14.7. The van der Waals surface area contributed by atoms with Gasteiger partial charge in [-0.2, -0.15) is 0 Å². The van der Waals surface area contributed by atoms with Crippen LogP contribution in [-0.2, 0) is 0 Å². The van der Waals surface area contributed by atoms with E-state index in [-0.39, 0.29) is 0 Å². The molecule has 1 aromatic heterocycles. The summed E-state index contributed by atoms with van der Waals surface area (Å²) >= 11 is 0. The largest absolute Gasteiger partial charge is 0.488 e. The molecule has 1 saturated carbocycles. The molecule has 1 aliphatic rings. The van der Waals surface area contributed by atoms with Gasteiger partial charge in [-0.15, -0.1) is 0 Å². The zero-order chi connectivity index (χ0) is 9.26. The van der Waals surface area contributed by atoms with Crippen molar-refractivity contribution < 1.29 is 9.53 Å². The molecular formula is C10H11NO2. The van der Waals surface area contributed by atoms with Gasteiger partial charge in [0.1, 0.15) is 5.75 Å². The zero-order valence-electron chi connectivity index (χ0n) is 7.49. The number of pyridine rings is 1. The van der Waals surface area contributed by atoms with Crippen LogP contribution in [0.1, 0.15) is 28.8 Å². The summed E-state index contributed by atoms with van der Waals surface area (Å²) in [5.41, 5.74) is 1.50. The number of aryl methyl sites for hydroxylation is 1. The molecule has 1 heterocycles. The van der Waals surface area contributed by atoms with Gasteiger partial charge in [-0.25, -0.2) is 0 Å². The van der Waals surface area contributed by atoms with Crippen molar-refractivity contribution in [2.75, 3.05) is 0 Å². The van der Waals surface area contributed by atoms with Crippen molar-refractivity contribution in [1.29, 1.82) is 0 Å². The summed E-state index contributed by atoms with van der Waals surface area (Å²) < 4.78 is 5.53. The number of aldehydes is 1. The van der Waals surface area contributed by atoms with Gasteiger partial charge in [-0.1, -0.05) is 0 Å². The maximum atomic E-state index is 10.7. The predicted octanol–water partition coefficient (Wildman–Crippen LogP) is 1.74. The van der Waals surface area contributed by atoms with Crippen LogP contribution in [0.2, 0.25) is 0 Å². The molecule has 1 aliphatic carbocycles. The van der Waals surface area contributed by atoms with E-state index in [9.17, 15) is 4.79 Å². The first-order valence-electron chi connectivity index (χ1n) is 4.37. The van der Waals surface area contributed by atoms with Crippen molar-refractivity contribution in [2.45, 2.75) is 25.9 Å². The van der Waals surface area contributed by atoms with E-state index < -0.39 is 0 Å². The van der Waals surface area contributed by atoms with E-state index in [4.69, 9.17) is 4.74 Å². The molecule has 3 nitrogen and oxygen atoms in total. The Hall–Kier alpha value is -1.38. The predicted molar refractivity (Wildman–Crippen MR) is 48.0 cm³/mol. The van der Waals surface area contributed by atoms with Crippen LogP contribution in [0, 0.1) is 6.92 Å². The topological polar surface area (TPSA) is 39.2 Å². The van der Waals surface area contributed by atoms with E-state index in [0.29, 0.717) is 17.4 Å². The Kier molecular flexibility index (Phi) is 2.00. The minimum atomic E-state index is 0.308. The van der Waals surface area contributed by atoms with Crippen LogP contribution < -0.4 is 4.74 Å². The first-order valence-corrected chi connectivity index (χ1v) is 4.37. The minimum absolute atomic E-state index is 0.308. The summed E-state index contributed by atoms with van der Waals surface area (Å²) in [6.07, 6.45) is 6.59. The van der Waals surface area contributed by atoms with E-state index >= 15 is 0 Å². The van der Waals surface area contributed by atoms with Gasteiger partial charge in [0, 0.05) is 6.20 Å². The lowest BCUT2D eigenvalue weighted by atomic mass is 10.2. The Morgan fingerprint density at radius 3 is 2.92 bits per heavy atom. The van der Waals surface area contributed by atoms with Crippen molar-refractivity contribution in [3.8, 4) is 5.75 Å². The molecule has 68 valence electrons. The summed E-state index contributed by atoms with van der Waals surface area (Å²) in [5, 5.41) is 0. The van der Waals surface area contributed by atoms with Gasteiger partial charge in [0.25, 0.3) is 0 Å². The molecule has 0 spiro atoms. The maximum absolute atomic E-state index is 10.7. The Morgan fingerprint density at radius 1 is 1.54 bits per heavy atom. The van der Waals surface area contributed by atoms with Crippen molar-refractivity contribution in [3.05, 3.63) is 23.5 Å². The quantitative estimate of drug-likeness (QED) is 0.660. The normalized spacial score (nSPS) is 15.5. The first-order chi connectivity index (χ1) is 6.31. The third kappa shape index (κ3) is 1.69. The van der Waals surface area contributed by atoms with Crippen LogP contribution in [0.3, 0.4) is 0 Å². The van der Waals surface area contributed by atoms with Crippen molar-refractivity contribution in [3.63, 3.8) is 0 Å². The van der Waals surface area contributed by atoms with Crippen molar-refractivity contribution >= 4 is 6.29 Å². The van der Waals surface area contributed by atoms with Gasteiger partial charge in [0.05, 0.1) is 17.9 Å². The van der Waals surface area contributed by atoms with Gasteiger partial charge >= 0.3 is 0 Å². The molecule has 0 unspecified atom stereocenters. The second-order valence-corrected chi connectivity index (χ2v) is 3.30. The van der Waals surface area contributed by atoms with Crippen LogP contribution in [-0.4, -0.2) is 17.4 Å². The fourth-order valence-electron chi connectivity index (χ4n) is 1.16. The number of ether oxygens (including phenoxy) is 1. The van der Waals surface area contributed by atoms with Gasteiger partial charge < -0.3 is 4.74 Å². The third-order valence-electron chi connectivity index (χ3n) is 2.09. The molecule has 3 heteroatoms. The zero-order valence-corrected chi connectivity index (χ0v) is 7.49. The average molecular weight is 177 g/mol. The number of carbonyl (C=O) groups excluding carboxylic acids is 1. The fraction of sp³-hybridized carbons (Fsp3) is 0.400. The molecule has 0 radical (unpaired) electrons. The maximum Gasteiger partial charge on any atom is 0.154 e. The summed E-state index contributed by atoms with van der Waals surface area (Å²) in [6.45, 7) is 1.86. The number of rotatable bonds is 3. The Bertz CT molecular complexity index is 332. The Labute approximate surface area is 76.7 Å². The van der Waals surface area contributed by atoms with Crippen molar-refractivity contribution in [2.24, 2.45) is 0 Å². The summed E-state index contributed by atoms with van der Waals surface area (Å²) in [7, 11) is 0. The number of aromatic nitrogens is 1. The minimum Gasteiger partial charge on any atom is -0.488 e. The van der Waals surface area contributed by atoms with Crippen LogP contribution in [0.4, 0.5) is 0 Å². The highest BCUT2D eigenvalue weighted by atomic mass is 16.5. The van der Waals surface area contributed by atoms with E-state index in [2.05, 4.69) is 4.98 Å². The number of hydrogen-bond donors (Lipinski definition) is 0. The molecule has 2 rings (SSSR count). The van der Waals surface area contributed by atoms with Crippen LogP contribution >= 0.6 is 0 Å². The van der Waals surface area contributed by atoms with E-state index in [0.717, 1.165) is 24.7 Å². The van der Waals surface area contributed by atoms with E-state index in [1.165, 1.54) is 0 Å². The van der Waals surface area contributed by atoms with E-state index in [1.807, 2.05) is 6.92 Å².